The first-order chi connectivity index (χ1) is 17.5. The number of aryl methyl sites for hydroxylation is 3. The molecule has 2 heterocycles. The fourth-order valence-corrected chi connectivity index (χ4v) is 6.03. The molecule has 2 amide bonds. The lowest BCUT2D eigenvalue weighted by Gasteiger charge is -2.25. The Kier molecular flexibility index (Phi) is 7.80. The number of nitrogens with one attached hydrogen (secondary N) is 1. The van der Waals surface area contributed by atoms with Crippen LogP contribution in [0.15, 0.2) is 42.5 Å². The van der Waals surface area contributed by atoms with Gasteiger partial charge in [-0.15, -0.1) is 11.8 Å². The molecule has 37 heavy (non-hydrogen) atoms. The molecule has 0 radical (unpaired) electrons. The molecule has 1 aromatic heterocycles. The van der Waals surface area contributed by atoms with Crippen LogP contribution in [-0.2, 0) is 19.8 Å². The number of fused-ring (bicyclic) bond motifs is 1. The maximum atomic E-state index is 13.7. The second-order valence-corrected chi connectivity index (χ2v) is 11.6. The van der Waals surface area contributed by atoms with Crippen molar-refractivity contribution in [2.45, 2.75) is 59.1 Å². The highest BCUT2D eigenvalue weighted by Gasteiger charge is 2.40. The Bertz CT molecular complexity index is 1330. The third-order valence-corrected chi connectivity index (χ3v) is 7.72. The van der Waals surface area contributed by atoms with E-state index in [1.807, 2.05) is 35.9 Å². The van der Waals surface area contributed by atoms with Crippen LogP contribution in [0.4, 0.5) is 5.82 Å². The van der Waals surface area contributed by atoms with Crippen LogP contribution in [-0.4, -0.2) is 40.5 Å². The Morgan fingerprint density at radius 1 is 1.14 bits per heavy atom. The molecule has 0 bridgehead atoms. The van der Waals surface area contributed by atoms with Gasteiger partial charge >= 0.3 is 0 Å². The van der Waals surface area contributed by atoms with E-state index in [9.17, 15) is 9.59 Å². The van der Waals surface area contributed by atoms with E-state index in [4.69, 9.17) is 9.94 Å². The second-order valence-electron chi connectivity index (χ2n) is 10.5. The van der Waals surface area contributed by atoms with E-state index in [0.29, 0.717) is 12.4 Å². The molecule has 7 nitrogen and oxygen atoms in total. The number of anilines is 1. The van der Waals surface area contributed by atoms with Gasteiger partial charge in [-0.05, 0) is 50.5 Å². The van der Waals surface area contributed by atoms with Crippen molar-refractivity contribution in [1.82, 2.24) is 15.3 Å². The Labute approximate surface area is 223 Å². The molecule has 1 aliphatic rings. The number of nitrogens with zero attached hydrogens (tertiary/aromatic N) is 3. The van der Waals surface area contributed by atoms with Crippen molar-refractivity contribution in [2.75, 3.05) is 23.8 Å². The van der Waals surface area contributed by atoms with Crippen molar-refractivity contribution >= 4 is 29.4 Å². The summed E-state index contributed by atoms with van der Waals surface area (Å²) in [5, 5.41) is 5.05. The van der Waals surface area contributed by atoms with Gasteiger partial charge in [0.2, 0.25) is 5.91 Å². The Balaban J connectivity index is 2.04. The molecule has 2 aromatic carbocycles. The lowest BCUT2D eigenvalue weighted by atomic mass is 9.86. The lowest BCUT2D eigenvalue weighted by molar-refractivity contribution is -0.132. The van der Waals surface area contributed by atoms with Crippen molar-refractivity contribution in [3.8, 4) is 5.69 Å². The SMILES string of the molecule is CCONC(=O)CN1C(=O)CSC(c2ccccc2C)c2c(C(C)(C)C)nn(-c3ccc(C)cc3C)c21. The fourth-order valence-electron chi connectivity index (χ4n) is 4.74. The van der Waals surface area contributed by atoms with Gasteiger partial charge in [0, 0.05) is 11.0 Å². The molecule has 0 aliphatic carbocycles. The number of carbonyl (C=O) groups excluding carboxylic acids is 2. The van der Waals surface area contributed by atoms with E-state index in [2.05, 4.69) is 58.3 Å². The number of hydroxylamine groups is 1. The van der Waals surface area contributed by atoms with Crippen LogP contribution < -0.4 is 10.4 Å². The molecule has 0 saturated carbocycles. The van der Waals surface area contributed by atoms with Crippen LogP contribution in [0.3, 0.4) is 0 Å². The summed E-state index contributed by atoms with van der Waals surface area (Å²) < 4.78 is 1.87. The van der Waals surface area contributed by atoms with E-state index in [1.54, 1.807) is 23.6 Å². The minimum absolute atomic E-state index is 0.117. The van der Waals surface area contributed by atoms with Crippen LogP contribution in [0, 0.1) is 20.8 Å². The summed E-state index contributed by atoms with van der Waals surface area (Å²) in [7, 11) is 0. The van der Waals surface area contributed by atoms with Crippen molar-refractivity contribution in [3.05, 3.63) is 76.0 Å². The van der Waals surface area contributed by atoms with Crippen LogP contribution in [0.1, 0.15) is 66.5 Å². The number of hydrogen-bond donors (Lipinski definition) is 1. The fraction of sp³-hybridized carbons (Fsp3) is 0.414. The number of aromatic nitrogens is 2. The number of benzene rings is 2. The normalized spacial score (nSPS) is 15.9. The highest BCUT2D eigenvalue weighted by Crippen LogP contribution is 2.49. The van der Waals surface area contributed by atoms with Gasteiger partial charge in [0.25, 0.3) is 5.91 Å². The Hall–Kier alpha value is -3.10. The van der Waals surface area contributed by atoms with Crippen molar-refractivity contribution in [1.29, 1.82) is 0 Å². The maximum Gasteiger partial charge on any atom is 0.263 e. The highest BCUT2D eigenvalue weighted by atomic mass is 32.2. The number of amides is 2. The highest BCUT2D eigenvalue weighted by molar-refractivity contribution is 8.00. The largest absolute Gasteiger partial charge is 0.286 e. The van der Waals surface area contributed by atoms with E-state index in [1.165, 1.54) is 0 Å². The number of hydrogen-bond acceptors (Lipinski definition) is 5. The second kappa shape index (κ2) is 10.7. The van der Waals surface area contributed by atoms with Crippen LogP contribution in [0.2, 0.25) is 0 Å². The molecule has 1 atom stereocenters. The molecule has 0 saturated heterocycles. The van der Waals surface area contributed by atoms with Gasteiger partial charge in [0.05, 0.1) is 29.0 Å². The molecular weight excluding hydrogens is 484 g/mol. The summed E-state index contributed by atoms with van der Waals surface area (Å²) in [6.45, 7) is 14.6. The van der Waals surface area contributed by atoms with Crippen LogP contribution >= 0.6 is 11.8 Å². The molecule has 0 spiro atoms. The van der Waals surface area contributed by atoms with Gasteiger partial charge in [-0.25, -0.2) is 10.2 Å². The zero-order valence-electron chi connectivity index (χ0n) is 22.7. The zero-order chi connectivity index (χ0) is 26.9. The summed E-state index contributed by atoms with van der Waals surface area (Å²) in [5.41, 5.74) is 9.40. The number of thioether (sulfide) groups is 1. The minimum Gasteiger partial charge on any atom is -0.286 e. The van der Waals surface area contributed by atoms with Gasteiger partial charge < -0.3 is 0 Å². The zero-order valence-corrected chi connectivity index (χ0v) is 23.5. The monoisotopic (exact) mass is 520 g/mol. The average molecular weight is 521 g/mol. The van der Waals surface area contributed by atoms with Crippen molar-refractivity contribution in [2.24, 2.45) is 0 Å². The van der Waals surface area contributed by atoms with Crippen LogP contribution in [0.25, 0.3) is 5.69 Å². The van der Waals surface area contributed by atoms with Gasteiger partial charge in [0.15, 0.2) is 0 Å². The first-order valence-electron chi connectivity index (χ1n) is 12.6. The lowest BCUT2D eigenvalue weighted by Crippen LogP contribution is -2.42. The first-order valence-corrected chi connectivity index (χ1v) is 13.7. The molecule has 1 aliphatic heterocycles. The maximum absolute atomic E-state index is 13.7. The van der Waals surface area contributed by atoms with Crippen molar-refractivity contribution < 1.29 is 14.4 Å². The first kappa shape index (κ1) is 26.9. The van der Waals surface area contributed by atoms with E-state index < -0.39 is 0 Å². The molecule has 3 aromatic rings. The summed E-state index contributed by atoms with van der Waals surface area (Å²) in [5.74, 6) is 0.366. The Morgan fingerprint density at radius 2 is 1.86 bits per heavy atom. The predicted molar refractivity (Wildman–Crippen MR) is 149 cm³/mol. The smallest absolute Gasteiger partial charge is 0.263 e. The molecule has 4 rings (SSSR count). The summed E-state index contributed by atoms with van der Waals surface area (Å²) in [4.78, 5) is 33.2. The summed E-state index contributed by atoms with van der Waals surface area (Å²) >= 11 is 1.59. The topological polar surface area (TPSA) is 76.5 Å². The van der Waals surface area contributed by atoms with Gasteiger partial charge in [-0.1, -0.05) is 62.7 Å². The summed E-state index contributed by atoms with van der Waals surface area (Å²) in [6.07, 6.45) is 0. The molecule has 196 valence electrons. The third kappa shape index (κ3) is 5.45. The Morgan fingerprint density at radius 3 is 2.51 bits per heavy atom. The number of rotatable bonds is 6. The van der Waals surface area contributed by atoms with Gasteiger partial charge in [0.1, 0.15) is 12.4 Å². The van der Waals surface area contributed by atoms with Gasteiger partial charge in [-0.3, -0.25) is 19.3 Å². The average Bonchev–Trinajstić information content (AvgIpc) is 3.16. The van der Waals surface area contributed by atoms with E-state index in [-0.39, 0.29) is 34.8 Å². The van der Waals surface area contributed by atoms with E-state index in [0.717, 1.165) is 39.2 Å². The van der Waals surface area contributed by atoms with Gasteiger partial charge in [-0.2, -0.15) is 5.10 Å². The standard InChI is InChI=1S/C29H36N4O3S/c1-8-36-31-23(34)16-32-24(35)17-37-26(21-12-10-9-11-19(21)3)25-27(29(5,6)7)30-33(28(25)32)22-14-13-18(2)15-20(22)4/h9-15,26H,8,16-17H2,1-7H3,(H,31,34). The third-order valence-electron chi connectivity index (χ3n) is 6.48. The van der Waals surface area contributed by atoms with Crippen molar-refractivity contribution in [3.63, 3.8) is 0 Å². The molecule has 1 N–H and O–H groups in total. The summed E-state index contributed by atoms with van der Waals surface area (Å²) in [6, 6.07) is 14.5. The predicted octanol–water partition coefficient (Wildman–Crippen LogP) is 5.33. The van der Waals surface area contributed by atoms with Crippen LogP contribution in [0.5, 0.6) is 0 Å². The molecule has 8 heteroatoms. The molecular formula is C29H36N4O3S. The number of carbonyl (C=O) groups is 2. The minimum atomic E-state index is -0.383. The molecule has 1 unspecified atom stereocenters. The van der Waals surface area contributed by atoms with E-state index >= 15 is 0 Å². The molecule has 0 fully saturated rings. The quantitative estimate of drug-likeness (QED) is 0.445.